The molecule has 0 atom stereocenters. The van der Waals surface area contributed by atoms with Crippen LogP contribution in [0.15, 0.2) is 0 Å². The number of hydrogen-bond acceptors (Lipinski definition) is 2. The molecule has 0 saturated heterocycles. The molecule has 0 radical (unpaired) electrons. The van der Waals surface area contributed by atoms with Crippen molar-refractivity contribution >= 4 is 5.78 Å². The van der Waals surface area contributed by atoms with E-state index in [1.807, 2.05) is 20.8 Å². The Morgan fingerprint density at radius 1 is 1.00 bits per heavy atom. The van der Waals surface area contributed by atoms with E-state index in [9.17, 15) is 4.79 Å². The molecule has 0 aliphatic heterocycles. The summed E-state index contributed by atoms with van der Waals surface area (Å²) in [7, 11) is 0. The number of carbonyl (C=O) groups excluding carboxylic acids is 1. The van der Waals surface area contributed by atoms with Crippen LogP contribution in [0.25, 0.3) is 0 Å². The van der Waals surface area contributed by atoms with E-state index in [0.29, 0.717) is 12.0 Å². The van der Waals surface area contributed by atoms with Crippen molar-refractivity contribution in [3.05, 3.63) is 0 Å². The molecule has 0 amide bonds. The molecular weight excluding hydrogens is 212 g/mol. The van der Waals surface area contributed by atoms with E-state index in [-0.39, 0.29) is 32.7 Å². The standard InChI is InChI=1S/C13H26O2.2CH4/c1-12(2,3)8-7-9-15-10-11(14)13(4,5)6;;/h7-10H2,1-6H3;2*1H4. The fourth-order valence-corrected chi connectivity index (χ4v) is 1.09. The smallest absolute Gasteiger partial charge is 0.163 e. The van der Waals surface area contributed by atoms with Gasteiger partial charge < -0.3 is 4.74 Å². The summed E-state index contributed by atoms with van der Waals surface area (Å²) in [5.74, 6) is 0.179. The maximum atomic E-state index is 11.5. The molecule has 0 N–H and O–H groups in total. The van der Waals surface area contributed by atoms with Gasteiger partial charge in [0.2, 0.25) is 0 Å². The molecule has 0 aromatic rings. The number of hydrogen-bond donors (Lipinski definition) is 0. The first-order valence-electron chi connectivity index (χ1n) is 5.74. The molecule has 2 nitrogen and oxygen atoms in total. The van der Waals surface area contributed by atoms with Gasteiger partial charge in [-0.2, -0.15) is 0 Å². The Bertz CT molecular complexity index is 194. The normalized spacial score (nSPS) is 11.4. The monoisotopic (exact) mass is 246 g/mol. The van der Waals surface area contributed by atoms with Gasteiger partial charge in [-0.1, -0.05) is 56.4 Å². The number of carbonyl (C=O) groups is 1. The van der Waals surface area contributed by atoms with Crippen molar-refractivity contribution in [1.82, 2.24) is 0 Å². The van der Waals surface area contributed by atoms with Crippen LogP contribution in [0.4, 0.5) is 0 Å². The minimum Gasteiger partial charge on any atom is -0.374 e. The Labute approximate surface area is 109 Å². The third kappa shape index (κ3) is 13.6. The maximum Gasteiger partial charge on any atom is 0.163 e. The fraction of sp³-hybridized carbons (Fsp3) is 0.933. The summed E-state index contributed by atoms with van der Waals surface area (Å²) >= 11 is 0. The molecule has 0 unspecified atom stereocenters. The number of ether oxygens (including phenoxy) is 1. The summed E-state index contributed by atoms with van der Waals surface area (Å²) in [5, 5.41) is 0. The molecule has 17 heavy (non-hydrogen) atoms. The van der Waals surface area contributed by atoms with Crippen LogP contribution >= 0.6 is 0 Å². The summed E-state index contributed by atoms with van der Waals surface area (Å²) in [5.41, 5.74) is 0.0847. The zero-order valence-corrected chi connectivity index (χ0v) is 11.1. The Morgan fingerprint density at radius 3 is 1.82 bits per heavy atom. The van der Waals surface area contributed by atoms with Gasteiger partial charge in [-0.15, -0.1) is 0 Å². The second kappa shape index (κ2) is 8.68. The van der Waals surface area contributed by atoms with E-state index in [1.165, 1.54) is 0 Å². The molecule has 0 aliphatic carbocycles. The maximum absolute atomic E-state index is 11.5. The Balaban J connectivity index is -0.000000980. The van der Waals surface area contributed by atoms with Crippen LogP contribution < -0.4 is 0 Å². The molecule has 0 aromatic carbocycles. The Hall–Kier alpha value is -0.370. The predicted octanol–water partition coefficient (Wildman–Crippen LogP) is 4.72. The molecule has 0 bridgehead atoms. The van der Waals surface area contributed by atoms with E-state index >= 15 is 0 Å². The molecule has 0 aromatic heterocycles. The largest absolute Gasteiger partial charge is 0.374 e. The minimum atomic E-state index is -0.274. The van der Waals surface area contributed by atoms with Crippen LogP contribution in [0, 0.1) is 10.8 Å². The van der Waals surface area contributed by atoms with Crippen molar-refractivity contribution in [2.45, 2.75) is 69.2 Å². The quantitative estimate of drug-likeness (QED) is 0.656. The minimum absolute atomic E-state index is 0. The average molecular weight is 246 g/mol. The van der Waals surface area contributed by atoms with Gasteiger partial charge in [-0.05, 0) is 18.3 Å². The van der Waals surface area contributed by atoms with Gasteiger partial charge >= 0.3 is 0 Å². The summed E-state index contributed by atoms with van der Waals surface area (Å²) in [4.78, 5) is 11.5. The number of ketones is 1. The van der Waals surface area contributed by atoms with Crippen molar-refractivity contribution < 1.29 is 9.53 Å². The van der Waals surface area contributed by atoms with Gasteiger partial charge in [0.1, 0.15) is 6.61 Å². The molecule has 0 aliphatic rings. The lowest BCUT2D eigenvalue weighted by Crippen LogP contribution is -2.25. The zero-order chi connectivity index (χ0) is 12.1. The number of Topliss-reactive ketones (excluding diaryl/α,β-unsaturated/α-hetero) is 1. The Morgan fingerprint density at radius 2 is 1.47 bits per heavy atom. The molecular formula is C15H34O2. The van der Waals surface area contributed by atoms with E-state index in [4.69, 9.17) is 4.74 Å². The van der Waals surface area contributed by atoms with E-state index < -0.39 is 0 Å². The van der Waals surface area contributed by atoms with Crippen molar-refractivity contribution in [1.29, 1.82) is 0 Å². The van der Waals surface area contributed by atoms with Gasteiger partial charge in [0.15, 0.2) is 5.78 Å². The lowest BCUT2D eigenvalue weighted by Gasteiger charge is -2.19. The highest BCUT2D eigenvalue weighted by Gasteiger charge is 2.20. The molecule has 0 saturated carbocycles. The van der Waals surface area contributed by atoms with E-state index in [2.05, 4.69) is 20.8 Å². The second-order valence-electron chi connectivity index (χ2n) is 6.39. The SMILES string of the molecule is C.C.CC(C)(C)CCCOCC(=O)C(C)(C)C. The third-order valence-electron chi connectivity index (χ3n) is 2.29. The van der Waals surface area contributed by atoms with E-state index in [1.54, 1.807) is 0 Å². The molecule has 106 valence electrons. The van der Waals surface area contributed by atoms with Crippen molar-refractivity contribution in [2.75, 3.05) is 13.2 Å². The van der Waals surface area contributed by atoms with Crippen LogP contribution in [0.2, 0.25) is 0 Å². The summed E-state index contributed by atoms with van der Waals surface area (Å²) < 4.78 is 5.37. The summed E-state index contributed by atoms with van der Waals surface area (Å²) in [6.45, 7) is 13.4. The molecule has 2 heteroatoms. The van der Waals surface area contributed by atoms with Gasteiger partial charge in [-0.3, -0.25) is 4.79 Å². The first kappa shape index (κ1) is 21.9. The summed E-state index contributed by atoms with van der Waals surface area (Å²) in [6.07, 6.45) is 2.16. The van der Waals surface area contributed by atoms with Gasteiger partial charge in [0.05, 0.1) is 0 Å². The molecule has 0 fully saturated rings. The summed E-state index contributed by atoms with van der Waals surface area (Å²) in [6, 6.07) is 0. The average Bonchev–Trinajstić information content (AvgIpc) is 1.99. The first-order valence-corrected chi connectivity index (χ1v) is 5.74. The molecule has 0 rings (SSSR count). The van der Waals surface area contributed by atoms with Crippen molar-refractivity contribution in [3.63, 3.8) is 0 Å². The molecule has 0 heterocycles. The highest BCUT2D eigenvalue weighted by Crippen LogP contribution is 2.20. The van der Waals surface area contributed by atoms with Crippen LogP contribution in [0.5, 0.6) is 0 Å². The van der Waals surface area contributed by atoms with Crippen LogP contribution in [0.3, 0.4) is 0 Å². The van der Waals surface area contributed by atoms with Gasteiger partial charge in [0, 0.05) is 12.0 Å². The van der Waals surface area contributed by atoms with E-state index in [0.717, 1.165) is 12.8 Å². The first-order chi connectivity index (χ1) is 6.63. The van der Waals surface area contributed by atoms with Crippen LogP contribution in [0.1, 0.15) is 69.2 Å². The van der Waals surface area contributed by atoms with Crippen molar-refractivity contribution in [2.24, 2.45) is 10.8 Å². The third-order valence-corrected chi connectivity index (χ3v) is 2.29. The predicted molar refractivity (Wildman–Crippen MR) is 77.4 cm³/mol. The Kier molecular flexibility index (Phi) is 11.2. The van der Waals surface area contributed by atoms with Gasteiger partial charge in [0.25, 0.3) is 0 Å². The van der Waals surface area contributed by atoms with Gasteiger partial charge in [-0.25, -0.2) is 0 Å². The van der Waals surface area contributed by atoms with Crippen molar-refractivity contribution in [3.8, 4) is 0 Å². The van der Waals surface area contributed by atoms with Crippen LogP contribution in [-0.2, 0) is 9.53 Å². The fourth-order valence-electron chi connectivity index (χ4n) is 1.09. The topological polar surface area (TPSA) is 26.3 Å². The number of rotatable bonds is 5. The zero-order valence-electron chi connectivity index (χ0n) is 11.1. The second-order valence-corrected chi connectivity index (χ2v) is 6.39. The molecule has 0 spiro atoms. The highest BCUT2D eigenvalue weighted by molar-refractivity contribution is 5.84. The highest BCUT2D eigenvalue weighted by atomic mass is 16.5. The van der Waals surface area contributed by atoms with Crippen LogP contribution in [-0.4, -0.2) is 19.0 Å². The lowest BCUT2D eigenvalue weighted by atomic mass is 9.90. The lowest BCUT2D eigenvalue weighted by molar-refractivity contribution is -0.131.